The molecule has 1 fully saturated rings. The third kappa shape index (κ3) is 4.69. The average molecular weight is 505 g/mol. The number of hydrogen-bond donors (Lipinski definition) is 2. The Balaban J connectivity index is 1.65. The smallest absolute Gasteiger partial charge is 0.407 e. The van der Waals surface area contributed by atoms with Gasteiger partial charge in [-0.05, 0) is 66.4 Å². The molecule has 0 unspecified atom stereocenters. The number of ether oxygens (including phenoxy) is 3. The number of hydrogen-bond acceptors (Lipinski definition) is 6. The molecule has 0 spiro atoms. The Morgan fingerprint density at radius 2 is 1.54 bits per heavy atom. The maximum atomic E-state index is 12.0. The van der Waals surface area contributed by atoms with Gasteiger partial charge < -0.3 is 34.3 Å². The van der Waals surface area contributed by atoms with Gasteiger partial charge in [0.1, 0.15) is 19.0 Å². The molecule has 2 aliphatic heterocycles. The summed E-state index contributed by atoms with van der Waals surface area (Å²) in [5.74, 6) is 0.749. The molecule has 2 aromatic carbocycles. The topological polar surface area (TPSA) is 94.1 Å². The second kappa shape index (κ2) is 10.5. The summed E-state index contributed by atoms with van der Waals surface area (Å²) in [6, 6.07) is 14.4. The van der Waals surface area contributed by atoms with E-state index >= 15 is 0 Å². The lowest BCUT2D eigenvalue weighted by Crippen LogP contribution is -2.20. The van der Waals surface area contributed by atoms with Crippen LogP contribution in [0.3, 0.4) is 0 Å². The van der Waals surface area contributed by atoms with Crippen LogP contribution in [-0.2, 0) is 29.1 Å². The highest BCUT2D eigenvalue weighted by atomic mass is 16.6. The molecular formula is C28H32N4O5. The lowest BCUT2D eigenvalue weighted by molar-refractivity contribution is 0.134. The van der Waals surface area contributed by atoms with Crippen molar-refractivity contribution in [2.75, 3.05) is 39.2 Å². The standard InChI is InChI=1S/C28H32N4O5/c1-29-27(33)36-16-22-23(17-37-28(34)30-2)26(18-6-9-21(35-3)10-7-18)32-24-11-8-20(31-12-4-5-13-31)14-19(24)15-25(22)32/h6-11,14H,4-5,12-13,15-17H2,1-3H3,(H,29,33)(H,30,34). The molecule has 1 aromatic heterocycles. The minimum Gasteiger partial charge on any atom is -0.497 e. The molecule has 3 aromatic rings. The van der Waals surface area contributed by atoms with Crippen LogP contribution in [0.5, 0.6) is 5.75 Å². The number of methoxy groups -OCH3 is 1. The van der Waals surface area contributed by atoms with E-state index in [0.717, 1.165) is 52.6 Å². The van der Waals surface area contributed by atoms with Crippen LogP contribution in [0.1, 0.15) is 35.2 Å². The number of carbonyl (C=O) groups is 2. The maximum absolute atomic E-state index is 12.0. The van der Waals surface area contributed by atoms with Crippen molar-refractivity contribution in [2.45, 2.75) is 32.5 Å². The number of amides is 2. The number of rotatable bonds is 7. The summed E-state index contributed by atoms with van der Waals surface area (Å²) in [7, 11) is 4.69. The van der Waals surface area contributed by atoms with Crippen LogP contribution in [-0.4, -0.2) is 51.0 Å². The van der Waals surface area contributed by atoms with Gasteiger partial charge in [0, 0.05) is 61.8 Å². The number of alkyl carbamates (subject to hydrolysis) is 2. The van der Waals surface area contributed by atoms with Gasteiger partial charge in [-0.3, -0.25) is 0 Å². The Labute approximate surface area is 216 Å². The predicted molar refractivity (Wildman–Crippen MR) is 140 cm³/mol. The van der Waals surface area contributed by atoms with Gasteiger partial charge >= 0.3 is 12.2 Å². The van der Waals surface area contributed by atoms with Gasteiger partial charge in [0.25, 0.3) is 0 Å². The quantitative estimate of drug-likeness (QED) is 0.388. The van der Waals surface area contributed by atoms with Gasteiger partial charge in [0.05, 0.1) is 12.8 Å². The number of carbonyl (C=O) groups excluding carboxylic acids is 2. The molecule has 5 rings (SSSR count). The maximum Gasteiger partial charge on any atom is 0.407 e. The number of nitrogens with one attached hydrogen (secondary N) is 2. The van der Waals surface area contributed by atoms with Crippen molar-refractivity contribution in [3.8, 4) is 22.7 Å². The minimum atomic E-state index is -0.527. The summed E-state index contributed by atoms with van der Waals surface area (Å²) < 4.78 is 18.6. The Morgan fingerprint density at radius 3 is 2.16 bits per heavy atom. The van der Waals surface area contributed by atoms with E-state index in [0.29, 0.717) is 6.42 Å². The number of aromatic nitrogens is 1. The second-order valence-corrected chi connectivity index (χ2v) is 9.15. The minimum absolute atomic E-state index is 0.0364. The van der Waals surface area contributed by atoms with E-state index < -0.39 is 12.2 Å². The average Bonchev–Trinajstić information content (AvgIpc) is 3.65. The fraction of sp³-hybridized carbons (Fsp3) is 0.357. The van der Waals surface area contributed by atoms with Crippen molar-refractivity contribution in [1.82, 2.24) is 15.2 Å². The Morgan fingerprint density at radius 1 is 0.892 bits per heavy atom. The Kier molecular flexibility index (Phi) is 6.94. The normalized spacial score (nSPS) is 13.6. The Bertz CT molecular complexity index is 1310. The summed E-state index contributed by atoms with van der Waals surface area (Å²) in [6.07, 6.45) is 2.08. The first kappa shape index (κ1) is 24.5. The van der Waals surface area contributed by atoms with Gasteiger partial charge in [0.15, 0.2) is 0 Å². The molecule has 2 aliphatic rings. The molecule has 194 valence electrons. The van der Waals surface area contributed by atoms with Crippen LogP contribution in [0.15, 0.2) is 42.5 Å². The number of anilines is 1. The molecule has 0 atom stereocenters. The van der Waals surface area contributed by atoms with E-state index in [9.17, 15) is 9.59 Å². The van der Waals surface area contributed by atoms with Crippen LogP contribution >= 0.6 is 0 Å². The van der Waals surface area contributed by atoms with Gasteiger partial charge in [0.2, 0.25) is 0 Å². The third-order valence-corrected chi connectivity index (χ3v) is 7.09. The zero-order valence-electron chi connectivity index (χ0n) is 21.4. The molecule has 9 nitrogen and oxygen atoms in total. The first-order chi connectivity index (χ1) is 18.0. The largest absolute Gasteiger partial charge is 0.497 e. The van der Waals surface area contributed by atoms with E-state index in [1.165, 1.54) is 38.2 Å². The van der Waals surface area contributed by atoms with E-state index in [4.69, 9.17) is 14.2 Å². The van der Waals surface area contributed by atoms with E-state index in [-0.39, 0.29) is 13.2 Å². The third-order valence-electron chi connectivity index (χ3n) is 7.09. The van der Waals surface area contributed by atoms with Crippen molar-refractivity contribution >= 4 is 17.9 Å². The Hall–Kier alpha value is -4.14. The summed E-state index contributed by atoms with van der Waals surface area (Å²) >= 11 is 0. The zero-order valence-corrected chi connectivity index (χ0v) is 21.4. The monoisotopic (exact) mass is 504 g/mol. The molecule has 2 amide bonds. The molecule has 3 heterocycles. The lowest BCUT2D eigenvalue weighted by atomic mass is 10.0. The SMILES string of the molecule is CNC(=O)OCc1c(COC(=O)NC)c(-c2ccc(OC)cc2)n2c1Cc1cc(N3CCCC3)ccc1-2. The van der Waals surface area contributed by atoms with Crippen molar-refractivity contribution in [3.63, 3.8) is 0 Å². The first-order valence-corrected chi connectivity index (χ1v) is 12.5. The number of fused-ring (bicyclic) bond motifs is 3. The zero-order chi connectivity index (χ0) is 25.9. The van der Waals surface area contributed by atoms with Crippen LogP contribution < -0.4 is 20.3 Å². The molecular weight excluding hydrogens is 472 g/mol. The van der Waals surface area contributed by atoms with Crippen molar-refractivity contribution in [1.29, 1.82) is 0 Å². The van der Waals surface area contributed by atoms with E-state index in [1.807, 2.05) is 24.3 Å². The summed E-state index contributed by atoms with van der Waals surface area (Å²) in [5, 5.41) is 5.01. The highest BCUT2D eigenvalue weighted by Crippen LogP contribution is 2.43. The van der Waals surface area contributed by atoms with Crippen molar-refractivity contribution in [3.05, 3.63) is 64.8 Å². The van der Waals surface area contributed by atoms with Gasteiger partial charge in [-0.2, -0.15) is 0 Å². The molecule has 37 heavy (non-hydrogen) atoms. The molecule has 0 aliphatic carbocycles. The van der Waals surface area contributed by atoms with Crippen LogP contribution in [0.4, 0.5) is 15.3 Å². The number of nitrogens with zero attached hydrogens (tertiary/aromatic N) is 2. The van der Waals surface area contributed by atoms with Crippen molar-refractivity contribution < 1.29 is 23.8 Å². The summed E-state index contributed by atoms with van der Waals surface area (Å²) in [6.45, 7) is 2.25. The molecule has 0 radical (unpaired) electrons. The van der Waals surface area contributed by atoms with Crippen LogP contribution in [0.2, 0.25) is 0 Å². The first-order valence-electron chi connectivity index (χ1n) is 12.5. The van der Waals surface area contributed by atoms with Gasteiger partial charge in [-0.15, -0.1) is 0 Å². The van der Waals surface area contributed by atoms with Crippen molar-refractivity contribution in [2.24, 2.45) is 0 Å². The van der Waals surface area contributed by atoms with E-state index in [1.54, 1.807) is 7.11 Å². The lowest BCUT2D eigenvalue weighted by Gasteiger charge is -2.19. The van der Waals surface area contributed by atoms with E-state index in [2.05, 4.69) is 38.3 Å². The molecule has 0 bridgehead atoms. The fourth-order valence-electron chi connectivity index (χ4n) is 5.26. The molecule has 9 heteroatoms. The molecule has 2 N–H and O–H groups in total. The predicted octanol–water partition coefficient (Wildman–Crippen LogP) is 4.37. The van der Waals surface area contributed by atoms with Crippen LogP contribution in [0, 0.1) is 0 Å². The summed E-state index contributed by atoms with van der Waals surface area (Å²) in [4.78, 5) is 26.5. The van der Waals surface area contributed by atoms with Gasteiger partial charge in [-0.25, -0.2) is 9.59 Å². The summed E-state index contributed by atoms with van der Waals surface area (Å²) in [5.41, 5.74) is 8.06. The van der Waals surface area contributed by atoms with Gasteiger partial charge in [-0.1, -0.05) is 0 Å². The highest BCUT2D eigenvalue weighted by Gasteiger charge is 2.32. The second-order valence-electron chi connectivity index (χ2n) is 9.15. The fourth-order valence-corrected chi connectivity index (χ4v) is 5.26. The molecule has 0 saturated carbocycles. The number of benzene rings is 2. The highest BCUT2D eigenvalue weighted by molar-refractivity contribution is 5.76. The van der Waals surface area contributed by atoms with Crippen LogP contribution in [0.25, 0.3) is 16.9 Å². The molecule has 1 saturated heterocycles.